The zero-order valence-electron chi connectivity index (χ0n) is 7.59. The van der Waals surface area contributed by atoms with Crippen LogP contribution in [0.3, 0.4) is 0 Å². The van der Waals surface area contributed by atoms with E-state index in [1.165, 1.54) is 5.69 Å². The zero-order valence-corrected chi connectivity index (χ0v) is 7.59. The van der Waals surface area contributed by atoms with Gasteiger partial charge in [0.15, 0.2) is 18.9 Å². The highest BCUT2D eigenvalue weighted by Crippen LogP contribution is 2.00. The molecule has 0 saturated heterocycles. The lowest BCUT2D eigenvalue weighted by molar-refractivity contribution is -0.711. The number of nitrogens with zero attached hydrogens (tertiary/aromatic N) is 1. The molecule has 0 aliphatic carbocycles. The van der Waals surface area contributed by atoms with Crippen LogP contribution >= 0.6 is 0 Å². The molecule has 0 aliphatic rings. The van der Waals surface area contributed by atoms with Crippen LogP contribution in [0.4, 0.5) is 5.69 Å². The molecule has 1 aromatic heterocycles. The van der Waals surface area contributed by atoms with E-state index in [4.69, 9.17) is 0 Å². The molecule has 0 aromatic carbocycles. The van der Waals surface area contributed by atoms with E-state index in [1.807, 2.05) is 0 Å². The number of rotatable bonds is 4. The van der Waals surface area contributed by atoms with Crippen LogP contribution < -0.4 is 15.6 Å². The molecule has 12 heavy (non-hydrogen) atoms. The number of nitrogens with one attached hydrogen (secondary N) is 1. The van der Waals surface area contributed by atoms with Crippen molar-refractivity contribution < 1.29 is 10.3 Å². The molecule has 0 atom stereocenters. The van der Waals surface area contributed by atoms with Crippen molar-refractivity contribution in [1.82, 2.24) is 0 Å². The van der Waals surface area contributed by atoms with Crippen LogP contribution in [0.5, 0.6) is 0 Å². The second-order valence-corrected chi connectivity index (χ2v) is 2.71. The van der Waals surface area contributed by atoms with Gasteiger partial charge >= 0.3 is 0 Å². The molecule has 66 valence electrons. The minimum Gasteiger partial charge on any atom is -0.385 e. The van der Waals surface area contributed by atoms with E-state index in [1.54, 1.807) is 0 Å². The molecule has 0 aliphatic heterocycles. The molecule has 1 rings (SSSR count). The first kappa shape index (κ1) is 9.00. The summed E-state index contributed by atoms with van der Waals surface area (Å²) in [7, 11) is 0. The van der Waals surface area contributed by atoms with Crippen LogP contribution in [0.25, 0.3) is 0 Å². The molecule has 0 fully saturated rings. The number of hydrogen-bond acceptors (Lipinski definition) is 1. The van der Waals surface area contributed by atoms with E-state index >= 15 is 0 Å². The Hall–Kier alpha value is -1.09. The third kappa shape index (κ3) is 2.51. The lowest BCUT2D eigenvalue weighted by Crippen LogP contribution is -2.56. The Morgan fingerprint density at radius 2 is 2.08 bits per heavy atom. The van der Waals surface area contributed by atoms with Crippen molar-refractivity contribution in [2.75, 3.05) is 18.4 Å². The lowest BCUT2D eigenvalue weighted by Gasteiger charge is -2.00. The Morgan fingerprint density at radius 3 is 2.58 bits per heavy atom. The highest BCUT2D eigenvalue weighted by molar-refractivity contribution is 5.39. The van der Waals surface area contributed by atoms with Crippen molar-refractivity contribution in [2.24, 2.45) is 0 Å². The van der Waals surface area contributed by atoms with Gasteiger partial charge in [0.25, 0.3) is 0 Å². The quantitative estimate of drug-likeness (QED) is 0.591. The van der Waals surface area contributed by atoms with Crippen LogP contribution in [0.1, 0.15) is 6.92 Å². The van der Waals surface area contributed by atoms with E-state index in [0.29, 0.717) is 0 Å². The van der Waals surface area contributed by atoms with Crippen molar-refractivity contribution in [3.8, 4) is 0 Å². The van der Waals surface area contributed by atoms with Gasteiger partial charge in [-0.25, -0.2) is 0 Å². The largest absolute Gasteiger partial charge is 0.385 e. The summed E-state index contributed by atoms with van der Waals surface area (Å²) in [6.45, 7) is 4.99. The number of hydrogen-bond donors (Lipinski definition) is 2. The third-order valence-electron chi connectivity index (χ3n) is 1.69. The van der Waals surface area contributed by atoms with E-state index in [-0.39, 0.29) is 0 Å². The van der Waals surface area contributed by atoms with Gasteiger partial charge in [-0.1, -0.05) is 0 Å². The second kappa shape index (κ2) is 4.72. The fraction of sp³-hybridized carbons (Fsp3) is 0.444. The summed E-state index contributed by atoms with van der Waals surface area (Å²) in [5.74, 6) is 0. The highest BCUT2D eigenvalue weighted by Gasteiger charge is 1.98. The Bertz CT molecular complexity index is 193. The molecule has 0 saturated carbocycles. The molecule has 1 aromatic rings. The molecule has 0 radical (unpaired) electrons. The summed E-state index contributed by atoms with van der Waals surface area (Å²) < 4.78 is 2.13. The molecule has 3 nitrogen and oxygen atoms in total. The second-order valence-electron chi connectivity index (χ2n) is 2.71. The molecule has 0 amide bonds. The first-order chi connectivity index (χ1) is 5.86. The van der Waals surface area contributed by atoms with Crippen molar-refractivity contribution in [2.45, 2.75) is 13.5 Å². The van der Waals surface area contributed by atoms with Crippen molar-refractivity contribution in [3.05, 3.63) is 24.5 Å². The van der Waals surface area contributed by atoms with Crippen LogP contribution in [-0.4, -0.2) is 13.1 Å². The Balaban J connectivity index is 2.58. The molecule has 3 heteroatoms. The summed E-state index contributed by atoms with van der Waals surface area (Å²) in [4.78, 5) is 0. The predicted molar refractivity (Wildman–Crippen MR) is 48.6 cm³/mol. The van der Waals surface area contributed by atoms with Gasteiger partial charge in [0.05, 0.1) is 0 Å². The average Bonchev–Trinajstić information content (AvgIpc) is 2.09. The molecule has 4 N–H and O–H groups in total. The Kier molecular flexibility index (Phi) is 3.54. The molecular weight excluding hydrogens is 150 g/mol. The van der Waals surface area contributed by atoms with Crippen LogP contribution in [0.2, 0.25) is 0 Å². The zero-order chi connectivity index (χ0) is 8.81. The van der Waals surface area contributed by atoms with Crippen LogP contribution in [0, 0.1) is 0 Å². The Morgan fingerprint density at radius 1 is 1.42 bits per heavy atom. The minimum absolute atomic E-state index is 0.936. The normalized spacial score (nSPS) is 9.83. The van der Waals surface area contributed by atoms with Gasteiger partial charge in [-0.05, 0) is 6.92 Å². The lowest BCUT2D eigenvalue weighted by atomic mass is 10.4. The maximum absolute atomic E-state index is 3.80. The smallest absolute Gasteiger partial charge is 0.196 e. The van der Waals surface area contributed by atoms with Crippen molar-refractivity contribution >= 4 is 5.69 Å². The summed E-state index contributed by atoms with van der Waals surface area (Å²) in [6.07, 6.45) is 4.15. The average molecular weight is 167 g/mol. The van der Waals surface area contributed by atoms with Crippen molar-refractivity contribution in [1.29, 1.82) is 0 Å². The summed E-state index contributed by atoms with van der Waals surface area (Å²) >= 11 is 0. The van der Waals surface area contributed by atoms with Gasteiger partial charge < -0.3 is 11.1 Å². The first-order valence-electron chi connectivity index (χ1n) is 4.39. The van der Waals surface area contributed by atoms with E-state index < -0.39 is 0 Å². The van der Waals surface area contributed by atoms with E-state index in [2.05, 4.69) is 47.1 Å². The topological polar surface area (TPSA) is 43.5 Å². The Labute approximate surface area is 73.2 Å². The fourth-order valence-electron chi connectivity index (χ4n) is 1.11. The molecule has 1 heterocycles. The molecular formula is C9H17N3+2. The van der Waals surface area contributed by atoms with E-state index in [9.17, 15) is 0 Å². The predicted octanol–water partition coefficient (Wildman–Crippen LogP) is -0.352. The summed E-state index contributed by atoms with van der Waals surface area (Å²) in [6, 6.07) is 4.16. The number of aromatic nitrogens is 1. The van der Waals surface area contributed by atoms with Crippen LogP contribution in [0.15, 0.2) is 24.5 Å². The maximum atomic E-state index is 3.80. The number of anilines is 1. The standard InChI is InChI=1S/C9H15N3/c1-2-11-9-3-6-12(7-4-9)8-5-10/h3-4,6-7H,2,5,8,10H2,1H3/p+2. The SMILES string of the molecule is CCNc1cc[n+](CC[NH3+])cc1. The molecule has 0 spiro atoms. The first-order valence-corrected chi connectivity index (χ1v) is 4.39. The summed E-state index contributed by atoms with van der Waals surface area (Å²) in [5, 5.41) is 3.25. The number of pyridine rings is 1. The van der Waals surface area contributed by atoms with Gasteiger partial charge in [0, 0.05) is 24.4 Å². The minimum atomic E-state index is 0.936. The van der Waals surface area contributed by atoms with Gasteiger partial charge in [-0.15, -0.1) is 0 Å². The highest BCUT2D eigenvalue weighted by atomic mass is 15.0. The van der Waals surface area contributed by atoms with Gasteiger partial charge in [-0.3, -0.25) is 0 Å². The van der Waals surface area contributed by atoms with Crippen LogP contribution in [-0.2, 0) is 6.54 Å². The third-order valence-corrected chi connectivity index (χ3v) is 1.69. The maximum Gasteiger partial charge on any atom is 0.196 e. The summed E-state index contributed by atoms with van der Waals surface area (Å²) in [5.41, 5.74) is 4.98. The van der Waals surface area contributed by atoms with E-state index in [0.717, 1.165) is 19.6 Å². The monoisotopic (exact) mass is 167 g/mol. The number of quaternary nitrogens is 1. The van der Waals surface area contributed by atoms with Gasteiger partial charge in [0.1, 0.15) is 6.54 Å². The fourth-order valence-corrected chi connectivity index (χ4v) is 1.11. The van der Waals surface area contributed by atoms with Gasteiger partial charge in [0.2, 0.25) is 0 Å². The van der Waals surface area contributed by atoms with Crippen molar-refractivity contribution in [3.63, 3.8) is 0 Å². The molecule has 0 bridgehead atoms. The van der Waals surface area contributed by atoms with Gasteiger partial charge in [-0.2, -0.15) is 4.57 Å². The molecule has 0 unspecified atom stereocenters.